The van der Waals surface area contributed by atoms with Gasteiger partial charge in [0.2, 0.25) is 5.91 Å². The van der Waals surface area contributed by atoms with Crippen LogP contribution in [-0.2, 0) is 19.5 Å². The number of aromatic nitrogens is 2. The summed E-state index contributed by atoms with van der Waals surface area (Å²) in [5, 5.41) is 3.16. The number of hydroxylamine groups is 2. The van der Waals surface area contributed by atoms with Gasteiger partial charge < -0.3 is 10.2 Å². The maximum absolute atomic E-state index is 12.3. The molecule has 0 aromatic carbocycles. The highest BCUT2D eigenvalue weighted by atomic mass is 32.3. The zero-order valence-electron chi connectivity index (χ0n) is 11.7. The Hall–Kier alpha value is -2.31. The Kier molecular flexibility index (Phi) is 3.87. The molecule has 2 N–H and O–H groups in total. The van der Waals surface area contributed by atoms with Crippen LogP contribution in [0.5, 0.6) is 0 Å². The summed E-state index contributed by atoms with van der Waals surface area (Å²) in [7, 11) is -4.80. The van der Waals surface area contributed by atoms with Gasteiger partial charge in [0, 0.05) is 12.7 Å². The molecule has 2 bridgehead atoms. The van der Waals surface area contributed by atoms with Crippen LogP contribution in [0.3, 0.4) is 0 Å². The zero-order chi connectivity index (χ0) is 16.6. The molecule has 0 aliphatic carbocycles. The van der Waals surface area contributed by atoms with Crippen molar-refractivity contribution in [2.75, 3.05) is 11.9 Å². The van der Waals surface area contributed by atoms with E-state index in [1.807, 2.05) is 0 Å². The second-order valence-corrected chi connectivity index (χ2v) is 6.10. The first kappa shape index (κ1) is 15.6. The van der Waals surface area contributed by atoms with Gasteiger partial charge in [-0.3, -0.25) is 9.35 Å². The minimum Gasteiger partial charge on any atom is -0.309 e. The van der Waals surface area contributed by atoms with Crippen LogP contribution >= 0.6 is 0 Å². The highest BCUT2D eigenvalue weighted by Gasteiger charge is 2.49. The summed E-state index contributed by atoms with van der Waals surface area (Å²) in [5.74, 6) is -0.144. The number of fused-ring (bicyclic) bond motifs is 2. The average molecular weight is 343 g/mol. The number of anilines is 1. The van der Waals surface area contributed by atoms with Crippen molar-refractivity contribution < 1.29 is 26.8 Å². The topological polar surface area (TPSA) is 142 Å². The predicted octanol–water partition coefficient (Wildman–Crippen LogP) is -0.582. The molecule has 124 valence electrons. The van der Waals surface area contributed by atoms with Crippen molar-refractivity contribution in [3.8, 4) is 0 Å². The van der Waals surface area contributed by atoms with E-state index in [1.54, 1.807) is 0 Å². The largest absolute Gasteiger partial charge is 0.418 e. The zero-order valence-corrected chi connectivity index (χ0v) is 12.5. The van der Waals surface area contributed by atoms with E-state index in [1.165, 1.54) is 23.5 Å². The number of rotatable bonds is 4. The molecule has 2 atom stereocenters. The maximum Gasteiger partial charge on any atom is 0.418 e. The first-order chi connectivity index (χ1) is 10.8. The summed E-state index contributed by atoms with van der Waals surface area (Å²) in [5.41, 5.74) is 0. The molecule has 0 saturated carbocycles. The van der Waals surface area contributed by atoms with Crippen LogP contribution in [0.2, 0.25) is 0 Å². The van der Waals surface area contributed by atoms with Crippen molar-refractivity contribution in [2.45, 2.75) is 24.9 Å². The van der Waals surface area contributed by atoms with Crippen LogP contribution < -0.4 is 5.32 Å². The minimum atomic E-state index is -4.80. The van der Waals surface area contributed by atoms with Gasteiger partial charge in [0.1, 0.15) is 18.2 Å². The number of piperidine rings is 1. The number of urea groups is 1. The van der Waals surface area contributed by atoms with Gasteiger partial charge in [-0.1, -0.05) is 0 Å². The molecule has 2 fully saturated rings. The Balaban J connectivity index is 1.72. The third-order valence-corrected chi connectivity index (χ3v) is 3.98. The van der Waals surface area contributed by atoms with Crippen LogP contribution in [0, 0.1) is 0 Å². The summed E-state index contributed by atoms with van der Waals surface area (Å²) in [4.78, 5) is 33.3. The molecule has 23 heavy (non-hydrogen) atoms. The van der Waals surface area contributed by atoms with Gasteiger partial charge in [0.05, 0.1) is 6.04 Å². The second kappa shape index (κ2) is 5.72. The first-order valence-electron chi connectivity index (χ1n) is 6.69. The van der Waals surface area contributed by atoms with E-state index < -0.39 is 34.4 Å². The molecule has 1 aromatic rings. The Labute approximate surface area is 131 Å². The van der Waals surface area contributed by atoms with E-state index in [9.17, 15) is 18.0 Å². The van der Waals surface area contributed by atoms with E-state index in [0.717, 1.165) is 0 Å². The van der Waals surface area contributed by atoms with E-state index >= 15 is 0 Å². The number of amides is 3. The van der Waals surface area contributed by atoms with Crippen molar-refractivity contribution in [1.29, 1.82) is 0 Å². The lowest BCUT2D eigenvalue weighted by molar-refractivity contribution is -0.120. The van der Waals surface area contributed by atoms with Gasteiger partial charge in [-0.05, 0) is 18.9 Å². The molecule has 0 radical (unpaired) electrons. The highest BCUT2D eigenvalue weighted by molar-refractivity contribution is 7.80. The van der Waals surface area contributed by atoms with Crippen molar-refractivity contribution in [1.82, 2.24) is 19.9 Å². The molecular weight excluding hydrogens is 330 g/mol. The van der Waals surface area contributed by atoms with Gasteiger partial charge in [0.25, 0.3) is 0 Å². The quantitative estimate of drug-likeness (QED) is 0.691. The molecule has 3 heterocycles. The monoisotopic (exact) mass is 343 g/mol. The van der Waals surface area contributed by atoms with Gasteiger partial charge >= 0.3 is 16.4 Å². The third kappa shape index (κ3) is 3.23. The molecule has 2 saturated heterocycles. The Morgan fingerprint density at radius 2 is 2.22 bits per heavy atom. The van der Waals surface area contributed by atoms with E-state index in [2.05, 4.69) is 19.6 Å². The van der Waals surface area contributed by atoms with Crippen LogP contribution in [0.15, 0.2) is 18.6 Å². The van der Waals surface area contributed by atoms with Crippen LogP contribution in [0.1, 0.15) is 12.8 Å². The second-order valence-electron chi connectivity index (χ2n) is 5.09. The van der Waals surface area contributed by atoms with Crippen molar-refractivity contribution >= 4 is 28.2 Å². The third-order valence-electron chi connectivity index (χ3n) is 3.63. The van der Waals surface area contributed by atoms with Crippen LogP contribution in [-0.4, -0.2) is 63.5 Å². The SMILES string of the molecule is O=C(Nc1ccncn1)[C@@H]1CC[C@@H]2CN1C(=O)N2OS(=O)(=O)O. The van der Waals surface area contributed by atoms with Crippen molar-refractivity contribution in [3.63, 3.8) is 0 Å². The fraction of sp³-hybridized carbons (Fsp3) is 0.455. The van der Waals surface area contributed by atoms with Gasteiger partial charge in [0.15, 0.2) is 0 Å². The standard InChI is InChI=1S/C11H13N5O6S/c17-10(14-9-3-4-12-6-13-9)8-2-1-7-5-15(8)11(18)16(7)22-23(19,20)21/h3-4,6-8H,1-2,5H2,(H,19,20,21)(H,12,13,14,17)/t7-,8+/m1/s1. The molecular formula is C11H13N5O6S. The van der Waals surface area contributed by atoms with Gasteiger partial charge in [-0.15, -0.1) is 4.28 Å². The van der Waals surface area contributed by atoms with Crippen LogP contribution in [0.4, 0.5) is 10.6 Å². The fourth-order valence-corrected chi connectivity index (χ4v) is 3.07. The molecule has 2 aliphatic heterocycles. The molecule has 0 spiro atoms. The van der Waals surface area contributed by atoms with Gasteiger partial charge in [-0.25, -0.2) is 14.8 Å². The number of carbonyl (C=O) groups excluding carboxylic acids is 2. The molecule has 2 aliphatic rings. The van der Waals surface area contributed by atoms with E-state index in [-0.39, 0.29) is 6.54 Å². The summed E-state index contributed by atoms with van der Waals surface area (Å²) in [6.45, 7) is 0.135. The number of nitrogens with zero attached hydrogens (tertiary/aromatic N) is 4. The molecule has 0 unspecified atom stereocenters. The molecule has 3 rings (SSSR count). The molecule has 1 aromatic heterocycles. The Morgan fingerprint density at radius 3 is 2.87 bits per heavy atom. The molecule has 12 heteroatoms. The van der Waals surface area contributed by atoms with E-state index in [4.69, 9.17) is 4.55 Å². The molecule has 11 nitrogen and oxygen atoms in total. The summed E-state index contributed by atoms with van der Waals surface area (Å²) < 4.78 is 34.6. The highest BCUT2D eigenvalue weighted by Crippen LogP contribution is 2.31. The predicted molar refractivity (Wildman–Crippen MR) is 74.0 cm³/mol. The summed E-state index contributed by atoms with van der Waals surface area (Å²) in [6.07, 6.45) is 3.43. The summed E-state index contributed by atoms with van der Waals surface area (Å²) in [6, 6.07) is -0.590. The number of hydrogen-bond donors (Lipinski definition) is 2. The average Bonchev–Trinajstić information content (AvgIpc) is 2.72. The lowest BCUT2D eigenvalue weighted by Gasteiger charge is -2.29. The smallest absolute Gasteiger partial charge is 0.309 e. The van der Waals surface area contributed by atoms with Crippen molar-refractivity contribution in [2.24, 2.45) is 0 Å². The first-order valence-corrected chi connectivity index (χ1v) is 8.05. The lowest BCUT2D eigenvalue weighted by atomic mass is 10.0. The van der Waals surface area contributed by atoms with Gasteiger partial charge in [-0.2, -0.15) is 13.5 Å². The Morgan fingerprint density at radius 1 is 1.43 bits per heavy atom. The molecule has 3 amide bonds. The number of carbonyl (C=O) groups is 2. The maximum atomic E-state index is 12.3. The number of hydrogen-bond acceptors (Lipinski definition) is 7. The normalized spacial score (nSPS) is 24.0. The minimum absolute atomic E-state index is 0.135. The Bertz CT molecular complexity index is 726. The van der Waals surface area contributed by atoms with E-state index in [0.29, 0.717) is 23.7 Å². The van der Waals surface area contributed by atoms with Crippen LogP contribution in [0.25, 0.3) is 0 Å². The fourth-order valence-electron chi connectivity index (χ4n) is 2.68. The summed E-state index contributed by atoms with van der Waals surface area (Å²) >= 11 is 0. The van der Waals surface area contributed by atoms with Crippen molar-refractivity contribution in [3.05, 3.63) is 18.6 Å². The lowest BCUT2D eigenvalue weighted by Crippen LogP contribution is -2.47. The number of nitrogens with one attached hydrogen (secondary N) is 1.